The van der Waals surface area contributed by atoms with E-state index in [1.54, 1.807) is 32.2 Å². The van der Waals surface area contributed by atoms with Crippen LogP contribution in [0.4, 0.5) is 4.79 Å². The zero-order valence-corrected chi connectivity index (χ0v) is 19.7. The van der Waals surface area contributed by atoms with Gasteiger partial charge in [-0.3, -0.25) is 0 Å². The molecule has 2 amide bonds. The first-order chi connectivity index (χ1) is 16.0. The quantitative estimate of drug-likeness (QED) is 0.346. The molecule has 11 heteroatoms. The lowest BCUT2D eigenvalue weighted by atomic mass is 10.0. The molecular weight excluding hydrogens is 468 g/mol. The number of urea groups is 1. The zero-order chi connectivity index (χ0) is 23.4. The Balaban J connectivity index is 1.70. The van der Waals surface area contributed by atoms with E-state index in [1.807, 2.05) is 16.7 Å². The van der Waals surface area contributed by atoms with Gasteiger partial charge in [-0.1, -0.05) is 23.4 Å². The van der Waals surface area contributed by atoms with Crippen molar-refractivity contribution in [2.24, 2.45) is 0 Å². The number of amides is 2. The summed E-state index contributed by atoms with van der Waals surface area (Å²) in [6.45, 7) is 3.02. The molecule has 1 aliphatic rings. The molecular formula is C22H23ClN4O5S. The van der Waals surface area contributed by atoms with Crippen molar-refractivity contribution in [1.29, 1.82) is 0 Å². The molecule has 0 radical (unpaired) electrons. The van der Waals surface area contributed by atoms with Crippen LogP contribution in [0.5, 0.6) is 0 Å². The van der Waals surface area contributed by atoms with Gasteiger partial charge in [0.15, 0.2) is 5.16 Å². The van der Waals surface area contributed by atoms with E-state index >= 15 is 0 Å². The molecule has 174 valence electrons. The van der Waals surface area contributed by atoms with E-state index in [0.717, 1.165) is 11.0 Å². The number of methoxy groups -OCH3 is 1. The van der Waals surface area contributed by atoms with Crippen LogP contribution in [-0.4, -0.2) is 47.6 Å². The molecule has 2 N–H and O–H groups in total. The number of carbonyl (C=O) groups excluding carboxylic acids is 2. The second-order valence-corrected chi connectivity index (χ2v) is 8.50. The maximum absolute atomic E-state index is 12.8. The molecule has 0 saturated heterocycles. The average molecular weight is 491 g/mol. The van der Waals surface area contributed by atoms with Gasteiger partial charge in [0, 0.05) is 30.1 Å². The van der Waals surface area contributed by atoms with Gasteiger partial charge < -0.3 is 29.1 Å². The van der Waals surface area contributed by atoms with E-state index in [9.17, 15) is 9.59 Å². The highest BCUT2D eigenvalue weighted by Gasteiger charge is 2.35. The van der Waals surface area contributed by atoms with Crippen molar-refractivity contribution >= 4 is 46.4 Å². The summed E-state index contributed by atoms with van der Waals surface area (Å²) in [4.78, 5) is 29.9. The third kappa shape index (κ3) is 5.02. The van der Waals surface area contributed by atoms with Crippen LogP contribution in [0.15, 0.2) is 57.4 Å². The minimum atomic E-state index is -0.755. The second kappa shape index (κ2) is 10.3. The molecule has 0 fully saturated rings. The number of carbonyl (C=O) groups is 2. The number of thioether (sulfide) groups is 1. The topological polar surface area (TPSA) is 108 Å². The number of halogens is 1. The van der Waals surface area contributed by atoms with Gasteiger partial charge in [-0.2, -0.15) is 0 Å². The van der Waals surface area contributed by atoms with E-state index in [-0.39, 0.29) is 12.4 Å². The predicted octanol–water partition coefficient (Wildman–Crippen LogP) is 3.89. The Hall–Kier alpha value is -2.95. The van der Waals surface area contributed by atoms with Crippen molar-refractivity contribution in [3.05, 3.63) is 58.6 Å². The van der Waals surface area contributed by atoms with Gasteiger partial charge in [-0.05, 0) is 37.3 Å². The van der Waals surface area contributed by atoms with E-state index in [1.165, 1.54) is 18.0 Å². The standard InChI is InChI=1S/C22H23ClN4O5S/c1-3-31-20(28)18-15(24-21(29)26-19(18)17-5-4-9-32-17)12-33-22-25-14-11-13(23)6-7-16(14)27(22)8-10-30-2/h4-7,9,11,19H,3,8,10,12H2,1-2H3,(H2,24,26,29). The van der Waals surface area contributed by atoms with Gasteiger partial charge in [0.05, 0.1) is 36.1 Å². The Bertz CT molecular complexity index is 1190. The monoisotopic (exact) mass is 490 g/mol. The number of imidazole rings is 1. The van der Waals surface area contributed by atoms with Crippen molar-refractivity contribution in [3.8, 4) is 0 Å². The summed E-state index contributed by atoms with van der Waals surface area (Å²) in [5.41, 5.74) is 2.40. The van der Waals surface area contributed by atoms with Crippen LogP contribution < -0.4 is 10.6 Å². The van der Waals surface area contributed by atoms with Gasteiger partial charge in [0.25, 0.3) is 0 Å². The highest BCUT2D eigenvalue weighted by molar-refractivity contribution is 7.99. The molecule has 0 saturated carbocycles. The van der Waals surface area contributed by atoms with Crippen molar-refractivity contribution in [2.45, 2.75) is 24.7 Å². The maximum Gasteiger partial charge on any atom is 0.338 e. The summed E-state index contributed by atoms with van der Waals surface area (Å²) >= 11 is 7.54. The number of fused-ring (bicyclic) bond motifs is 1. The summed E-state index contributed by atoms with van der Waals surface area (Å²) in [7, 11) is 1.64. The smallest absolute Gasteiger partial charge is 0.338 e. The highest BCUT2D eigenvalue weighted by atomic mass is 35.5. The number of furan rings is 1. The van der Waals surface area contributed by atoms with E-state index in [4.69, 9.17) is 30.5 Å². The van der Waals surface area contributed by atoms with Crippen molar-refractivity contribution < 1.29 is 23.5 Å². The number of ether oxygens (including phenoxy) is 2. The Morgan fingerprint density at radius 3 is 2.94 bits per heavy atom. The molecule has 1 atom stereocenters. The van der Waals surface area contributed by atoms with Crippen LogP contribution in [0, 0.1) is 0 Å². The lowest BCUT2D eigenvalue weighted by molar-refractivity contribution is -0.139. The number of benzene rings is 1. The minimum Gasteiger partial charge on any atom is -0.467 e. The third-order valence-corrected chi connectivity index (χ3v) is 6.25. The molecule has 3 heterocycles. The number of aromatic nitrogens is 2. The number of esters is 1. The van der Waals surface area contributed by atoms with E-state index < -0.39 is 18.0 Å². The number of nitrogens with zero attached hydrogens (tertiary/aromatic N) is 2. The van der Waals surface area contributed by atoms with Crippen LogP contribution in [0.1, 0.15) is 18.7 Å². The molecule has 1 aromatic carbocycles. The first kappa shape index (κ1) is 23.2. The van der Waals surface area contributed by atoms with E-state index in [2.05, 4.69) is 10.6 Å². The fraction of sp³-hybridized carbons (Fsp3) is 0.318. The first-order valence-electron chi connectivity index (χ1n) is 10.3. The van der Waals surface area contributed by atoms with Crippen LogP contribution in [0.2, 0.25) is 5.02 Å². The molecule has 0 aliphatic carbocycles. The lowest BCUT2D eigenvalue weighted by Crippen LogP contribution is -2.46. The van der Waals surface area contributed by atoms with Gasteiger partial charge in [0.1, 0.15) is 11.8 Å². The molecule has 9 nitrogen and oxygen atoms in total. The molecule has 0 spiro atoms. The third-order valence-electron chi connectivity index (χ3n) is 5.02. The molecule has 1 unspecified atom stereocenters. The second-order valence-electron chi connectivity index (χ2n) is 7.12. The number of nitrogens with one attached hydrogen (secondary N) is 2. The summed E-state index contributed by atoms with van der Waals surface area (Å²) < 4.78 is 18.0. The Morgan fingerprint density at radius 1 is 1.36 bits per heavy atom. The molecule has 3 aromatic rings. The van der Waals surface area contributed by atoms with Crippen molar-refractivity contribution in [2.75, 3.05) is 26.1 Å². The minimum absolute atomic E-state index is 0.204. The Kier molecular flexibility index (Phi) is 7.26. The number of hydrogen-bond acceptors (Lipinski definition) is 7. The lowest BCUT2D eigenvalue weighted by Gasteiger charge is -2.27. The zero-order valence-electron chi connectivity index (χ0n) is 18.1. The Morgan fingerprint density at radius 2 is 2.21 bits per heavy atom. The first-order valence-corrected chi connectivity index (χ1v) is 11.7. The largest absolute Gasteiger partial charge is 0.467 e. The predicted molar refractivity (Wildman–Crippen MR) is 124 cm³/mol. The molecule has 1 aliphatic heterocycles. The fourth-order valence-electron chi connectivity index (χ4n) is 3.58. The van der Waals surface area contributed by atoms with Crippen molar-refractivity contribution in [1.82, 2.24) is 20.2 Å². The maximum atomic E-state index is 12.8. The Labute approximate surface area is 199 Å². The van der Waals surface area contributed by atoms with Gasteiger partial charge in [-0.15, -0.1) is 0 Å². The molecule has 0 bridgehead atoms. The fourth-order valence-corrected chi connectivity index (χ4v) is 4.75. The van der Waals surface area contributed by atoms with Crippen LogP contribution in [0.3, 0.4) is 0 Å². The summed E-state index contributed by atoms with van der Waals surface area (Å²) in [5.74, 6) is 0.196. The van der Waals surface area contributed by atoms with Crippen LogP contribution in [-0.2, 0) is 20.8 Å². The summed E-state index contributed by atoms with van der Waals surface area (Å²) in [5, 5.41) is 6.80. The molecule has 33 heavy (non-hydrogen) atoms. The summed E-state index contributed by atoms with van der Waals surface area (Å²) in [6.07, 6.45) is 1.49. The highest BCUT2D eigenvalue weighted by Crippen LogP contribution is 2.32. The SMILES string of the molecule is CCOC(=O)C1=C(CSc2nc3cc(Cl)ccc3n2CCOC)NC(=O)NC1c1ccco1. The molecule has 2 aromatic heterocycles. The molecule has 4 rings (SSSR count). The number of rotatable bonds is 9. The number of hydrogen-bond donors (Lipinski definition) is 2. The van der Waals surface area contributed by atoms with Gasteiger partial charge in [0.2, 0.25) is 0 Å². The normalized spacial score (nSPS) is 16.1. The van der Waals surface area contributed by atoms with Crippen LogP contribution in [0.25, 0.3) is 11.0 Å². The summed E-state index contributed by atoms with van der Waals surface area (Å²) in [6, 6.07) is 7.73. The average Bonchev–Trinajstić information content (AvgIpc) is 3.43. The van der Waals surface area contributed by atoms with Crippen LogP contribution >= 0.6 is 23.4 Å². The van der Waals surface area contributed by atoms with Gasteiger partial charge >= 0.3 is 12.0 Å². The van der Waals surface area contributed by atoms with E-state index in [0.29, 0.717) is 40.4 Å². The van der Waals surface area contributed by atoms with Gasteiger partial charge in [-0.25, -0.2) is 14.6 Å². The van der Waals surface area contributed by atoms with Crippen molar-refractivity contribution in [3.63, 3.8) is 0 Å².